The molecule has 0 bridgehead atoms. The summed E-state index contributed by atoms with van der Waals surface area (Å²) in [5.74, 6) is 0.864. The number of hydrogen-bond acceptors (Lipinski definition) is 6. The number of hydrogen-bond donors (Lipinski definition) is 2. The van der Waals surface area contributed by atoms with E-state index in [1.807, 2.05) is 0 Å². The van der Waals surface area contributed by atoms with Crippen molar-refractivity contribution < 1.29 is 23.0 Å². The Balaban J connectivity index is 2.42. The highest BCUT2D eigenvalue weighted by molar-refractivity contribution is 7.92. The van der Waals surface area contributed by atoms with Gasteiger partial charge in [0.05, 0.1) is 11.5 Å². The van der Waals surface area contributed by atoms with Gasteiger partial charge in [-0.25, -0.2) is 8.42 Å². The Morgan fingerprint density at radius 1 is 1.38 bits per heavy atom. The van der Waals surface area contributed by atoms with E-state index in [1.54, 1.807) is 0 Å². The lowest BCUT2D eigenvalue weighted by molar-refractivity contribution is 0.174. The maximum atomic E-state index is 11.8. The van der Waals surface area contributed by atoms with Crippen LogP contribution < -0.4 is 15.2 Å². The standard InChI is InChI=1S/C9H11NO5S/c10-9(4-11)16(12,13)6-1-2-7-8(3-6)15-5-14-7/h1-3,9,11H,4-5,10H2. The van der Waals surface area contributed by atoms with Gasteiger partial charge in [-0.1, -0.05) is 0 Å². The van der Waals surface area contributed by atoms with Crippen LogP contribution in [0.25, 0.3) is 0 Å². The number of fused-ring (bicyclic) bond motifs is 1. The van der Waals surface area contributed by atoms with Crippen molar-refractivity contribution in [1.29, 1.82) is 0 Å². The first kappa shape index (κ1) is 11.2. The van der Waals surface area contributed by atoms with Crippen molar-refractivity contribution in [2.45, 2.75) is 10.3 Å². The van der Waals surface area contributed by atoms with Gasteiger partial charge in [-0.2, -0.15) is 0 Å². The van der Waals surface area contributed by atoms with E-state index in [9.17, 15) is 8.42 Å². The highest BCUT2D eigenvalue weighted by Gasteiger charge is 2.25. The first-order valence-corrected chi connectivity index (χ1v) is 6.10. The average Bonchev–Trinajstić information content (AvgIpc) is 2.74. The van der Waals surface area contributed by atoms with Crippen molar-refractivity contribution in [3.05, 3.63) is 18.2 Å². The molecule has 88 valence electrons. The molecular formula is C9H11NO5S. The first-order valence-electron chi connectivity index (χ1n) is 4.55. The number of rotatable bonds is 3. The lowest BCUT2D eigenvalue weighted by atomic mass is 10.3. The average molecular weight is 245 g/mol. The molecule has 1 aromatic carbocycles. The summed E-state index contributed by atoms with van der Waals surface area (Å²) in [6.07, 6.45) is 0. The second-order valence-electron chi connectivity index (χ2n) is 3.28. The molecule has 0 radical (unpaired) electrons. The van der Waals surface area contributed by atoms with E-state index in [2.05, 4.69) is 0 Å². The topological polar surface area (TPSA) is 98.9 Å². The van der Waals surface area contributed by atoms with Crippen LogP contribution in [0.15, 0.2) is 23.1 Å². The molecule has 1 aliphatic rings. The van der Waals surface area contributed by atoms with Crippen molar-refractivity contribution in [3.63, 3.8) is 0 Å². The summed E-state index contributed by atoms with van der Waals surface area (Å²) >= 11 is 0. The zero-order valence-corrected chi connectivity index (χ0v) is 9.11. The fourth-order valence-electron chi connectivity index (χ4n) is 1.33. The third-order valence-electron chi connectivity index (χ3n) is 2.25. The van der Waals surface area contributed by atoms with E-state index in [1.165, 1.54) is 18.2 Å². The van der Waals surface area contributed by atoms with Crippen molar-refractivity contribution in [1.82, 2.24) is 0 Å². The molecule has 0 saturated heterocycles. The minimum absolute atomic E-state index is 0.0123. The van der Waals surface area contributed by atoms with Crippen LogP contribution in [0.1, 0.15) is 0 Å². The Labute approximate surface area is 92.5 Å². The van der Waals surface area contributed by atoms with Crippen LogP contribution in [0, 0.1) is 0 Å². The molecule has 3 N–H and O–H groups in total. The van der Waals surface area contributed by atoms with Gasteiger partial charge in [0, 0.05) is 6.07 Å². The fourth-order valence-corrected chi connectivity index (χ4v) is 2.40. The lowest BCUT2D eigenvalue weighted by Gasteiger charge is -2.10. The van der Waals surface area contributed by atoms with E-state index in [-0.39, 0.29) is 11.7 Å². The van der Waals surface area contributed by atoms with Gasteiger partial charge in [0.15, 0.2) is 21.3 Å². The molecule has 0 saturated carbocycles. The zero-order valence-electron chi connectivity index (χ0n) is 8.29. The Bertz CT molecular complexity index is 499. The summed E-state index contributed by atoms with van der Waals surface area (Å²) in [5, 5.41) is 7.44. The molecule has 1 heterocycles. The molecule has 7 heteroatoms. The monoisotopic (exact) mass is 245 g/mol. The normalized spacial score (nSPS) is 16.1. The molecular weight excluding hydrogens is 234 g/mol. The summed E-state index contributed by atoms with van der Waals surface area (Å²) in [6, 6.07) is 4.21. The number of ether oxygens (including phenoxy) is 2. The molecule has 2 rings (SSSR count). The summed E-state index contributed by atoms with van der Waals surface area (Å²) in [7, 11) is -3.72. The van der Waals surface area contributed by atoms with Crippen LogP contribution >= 0.6 is 0 Å². The smallest absolute Gasteiger partial charge is 0.231 e. The maximum Gasteiger partial charge on any atom is 0.231 e. The van der Waals surface area contributed by atoms with Gasteiger partial charge in [-0.05, 0) is 12.1 Å². The van der Waals surface area contributed by atoms with Crippen molar-refractivity contribution >= 4 is 9.84 Å². The molecule has 16 heavy (non-hydrogen) atoms. The Morgan fingerprint density at radius 2 is 2.06 bits per heavy atom. The van der Waals surface area contributed by atoms with E-state index >= 15 is 0 Å². The minimum atomic E-state index is -3.72. The predicted molar refractivity (Wildman–Crippen MR) is 54.8 cm³/mol. The molecule has 0 spiro atoms. The first-order chi connectivity index (χ1) is 7.55. The highest BCUT2D eigenvalue weighted by Crippen LogP contribution is 2.34. The molecule has 0 fully saturated rings. The third kappa shape index (κ3) is 1.73. The largest absolute Gasteiger partial charge is 0.454 e. The van der Waals surface area contributed by atoms with E-state index in [4.69, 9.17) is 20.3 Å². The SMILES string of the molecule is NC(CO)S(=O)(=O)c1ccc2c(c1)OCO2. The Kier molecular flexibility index (Phi) is 2.75. The molecule has 6 nitrogen and oxygen atoms in total. The Morgan fingerprint density at radius 3 is 2.75 bits per heavy atom. The van der Waals surface area contributed by atoms with Crippen molar-refractivity contribution in [2.75, 3.05) is 13.4 Å². The summed E-state index contributed by atoms with van der Waals surface area (Å²) in [6.45, 7) is -0.554. The van der Waals surface area contributed by atoms with Crippen LogP contribution in [-0.4, -0.2) is 32.3 Å². The Hall–Kier alpha value is -1.31. The second kappa shape index (κ2) is 3.93. The van der Waals surface area contributed by atoms with E-state index < -0.39 is 21.8 Å². The fraction of sp³-hybridized carbons (Fsp3) is 0.333. The van der Waals surface area contributed by atoms with Crippen LogP contribution in [0.5, 0.6) is 11.5 Å². The van der Waals surface area contributed by atoms with E-state index in [0.717, 1.165) is 0 Å². The zero-order chi connectivity index (χ0) is 11.8. The van der Waals surface area contributed by atoms with Gasteiger partial charge >= 0.3 is 0 Å². The van der Waals surface area contributed by atoms with Crippen LogP contribution in [0.3, 0.4) is 0 Å². The minimum Gasteiger partial charge on any atom is -0.454 e. The molecule has 1 unspecified atom stereocenters. The number of benzene rings is 1. The van der Waals surface area contributed by atoms with Crippen molar-refractivity contribution in [2.24, 2.45) is 5.73 Å². The number of sulfone groups is 1. The van der Waals surface area contributed by atoms with E-state index in [0.29, 0.717) is 11.5 Å². The van der Waals surface area contributed by atoms with Crippen LogP contribution in [0.2, 0.25) is 0 Å². The van der Waals surface area contributed by atoms with Crippen LogP contribution in [-0.2, 0) is 9.84 Å². The number of aliphatic hydroxyl groups excluding tert-OH is 1. The highest BCUT2D eigenvalue weighted by atomic mass is 32.2. The maximum absolute atomic E-state index is 11.8. The summed E-state index contributed by atoms with van der Waals surface area (Å²) < 4.78 is 33.7. The number of nitrogens with two attached hydrogens (primary N) is 1. The van der Waals surface area contributed by atoms with Crippen LogP contribution in [0.4, 0.5) is 0 Å². The summed E-state index contributed by atoms with van der Waals surface area (Å²) in [5.41, 5.74) is 5.32. The molecule has 0 aromatic heterocycles. The predicted octanol–water partition coefficient (Wildman–Crippen LogP) is -0.534. The number of aliphatic hydroxyl groups is 1. The third-order valence-corrected chi connectivity index (χ3v) is 4.11. The molecule has 1 aliphatic heterocycles. The van der Waals surface area contributed by atoms with Gasteiger partial charge in [0.2, 0.25) is 6.79 Å². The van der Waals surface area contributed by atoms with Gasteiger partial charge in [0.1, 0.15) is 5.37 Å². The summed E-state index contributed by atoms with van der Waals surface area (Å²) in [4.78, 5) is 0.0123. The molecule has 1 atom stereocenters. The van der Waals surface area contributed by atoms with Gasteiger partial charge in [-0.15, -0.1) is 0 Å². The van der Waals surface area contributed by atoms with Gasteiger partial charge < -0.3 is 20.3 Å². The molecule has 1 aromatic rings. The van der Waals surface area contributed by atoms with Gasteiger partial charge in [0.25, 0.3) is 0 Å². The molecule has 0 aliphatic carbocycles. The molecule has 0 amide bonds. The quantitative estimate of drug-likeness (QED) is 0.742. The van der Waals surface area contributed by atoms with Crippen molar-refractivity contribution in [3.8, 4) is 11.5 Å². The second-order valence-corrected chi connectivity index (χ2v) is 5.45. The van der Waals surface area contributed by atoms with Gasteiger partial charge in [-0.3, -0.25) is 0 Å². The lowest BCUT2D eigenvalue weighted by Crippen LogP contribution is -2.34.